The Hall–Kier alpha value is -17.8. The van der Waals surface area contributed by atoms with Crippen molar-refractivity contribution in [2.45, 2.75) is 41.5 Å². The second-order valence-electron chi connectivity index (χ2n) is 33.7. The van der Waals surface area contributed by atoms with Crippen molar-refractivity contribution in [3.63, 3.8) is 0 Å². The van der Waals surface area contributed by atoms with E-state index in [2.05, 4.69) is 348 Å². The van der Waals surface area contributed by atoms with E-state index in [-0.39, 0.29) is 0 Å². The molecule has 0 radical (unpaired) electrons. The van der Waals surface area contributed by atoms with Gasteiger partial charge in [-0.25, -0.2) is 44.9 Å². The molecule has 0 N–H and O–H groups in total. The third-order valence-corrected chi connectivity index (χ3v) is 23.0. The molecule has 0 bridgehead atoms. The lowest BCUT2D eigenvalue weighted by Crippen LogP contribution is -1.95. The molecule has 0 aliphatic carbocycles. The fourth-order valence-corrected chi connectivity index (χ4v) is 15.9. The summed E-state index contributed by atoms with van der Waals surface area (Å²) in [5.41, 5.74) is 38.2. The number of nitrogens with zero attached hydrogens (tertiary/aromatic N) is 9. The molecule has 0 saturated heterocycles. The molecular weight excluding hydrogens is 1680 g/mol. The van der Waals surface area contributed by atoms with Crippen LogP contribution in [0.4, 0.5) is 0 Å². The van der Waals surface area contributed by atoms with Gasteiger partial charge in [0.15, 0.2) is 17.5 Å². The van der Waals surface area contributed by atoms with Crippen molar-refractivity contribution in [1.82, 2.24) is 44.9 Å². The van der Waals surface area contributed by atoms with Gasteiger partial charge in [0, 0.05) is 83.6 Å². The first kappa shape index (κ1) is 92.1. The van der Waals surface area contributed by atoms with E-state index in [1.807, 2.05) is 219 Å². The van der Waals surface area contributed by atoms with Gasteiger partial charge in [0.25, 0.3) is 0 Å². The largest absolute Gasteiger partial charge is 0.248 e. The lowest BCUT2D eigenvalue weighted by molar-refractivity contribution is 1.11. The SMILES string of the molecule is Cc1cc(-c2ccccc2)nc(-c2ccccc2)c1.Cc1cc(-c2ccccc2)nc(-c2ccccc2)n1.Cc1ccc(-c2cc(-c3ccccc3)nc(-c3ccccc3)c2)cc1.Cc1ccc(-c2cc(-c3ccccc3)nc(-c3ccccc3)n2)cc1.Cc1cccc(-c2cc(-c3ccccc3)nc(-c3ccccc3)c2)c1.Cc1cccc(-c2cc(-c3ccccc3)nc(-c3ccccc3)n2)c1. The van der Waals surface area contributed by atoms with E-state index in [0.717, 1.165) is 164 Å². The summed E-state index contributed by atoms with van der Waals surface area (Å²) < 4.78 is 0. The maximum atomic E-state index is 4.92. The molecule has 9 nitrogen and oxygen atoms in total. The molecule has 0 aliphatic heterocycles. The molecule has 0 saturated carbocycles. The highest BCUT2D eigenvalue weighted by atomic mass is 14.9. The second-order valence-corrected chi connectivity index (χ2v) is 33.7. The molecule has 0 aliphatic rings. The molecule has 0 fully saturated rings. The van der Waals surface area contributed by atoms with Gasteiger partial charge >= 0.3 is 0 Å². The van der Waals surface area contributed by atoms with Gasteiger partial charge in [-0.3, -0.25) is 0 Å². The molecule has 16 aromatic carbocycles. The quantitative estimate of drug-likeness (QED) is 0.0932. The first-order valence-electron chi connectivity index (χ1n) is 46.4. The van der Waals surface area contributed by atoms with Crippen LogP contribution in [-0.2, 0) is 0 Å². The Bertz CT molecular complexity index is 6840. The van der Waals surface area contributed by atoms with Crippen molar-refractivity contribution in [2.75, 3.05) is 0 Å². The van der Waals surface area contributed by atoms with Crippen molar-refractivity contribution in [3.8, 4) is 180 Å². The fraction of sp³-hybridized carbons (Fsp3) is 0.0465. The van der Waals surface area contributed by atoms with Crippen molar-refractivity contribution < 1.29 is 0 Å². The van der Waals surface area contributed by atoms with Gasteiger partial charge in [-0.15, -0.1) is 0 Å². The molecule has 0 amide bonds. The molecule has 0 unspecified atom stereocenters. The molecule has 9 heteroatoms. The zero-order valence-electron chi connectivity index (χ0n) is 78.1. The molecular formula is C129H103N9. The average molecular weight is 1780 g/mol. The molecule has 664 valence electrons. The third-order valence-electron chi connectivity index (χ3n) is 23.0. The number of aromatic nitrogens is 9. The molecule has 6 aromatic heterocycles. The van der Waals surface area contributed by atoms with Gasteiger partial charge in [-0.2, -0.15) is 0 Å². The van der Waals surface area contributed by atoms with Crippen LogP contribution in [-0.4, -0.2) is 44.9 Å². The van der Waals surface area contributed by atoms with E-state index in [4.69, 9.17) is 34.9 Å². The lowest BCUT2D eigenvalue weighted by Gasteiger charge is -2.10. The maximum absolute atomic E-state index is 4.92. The maximum Gasteiger partial charge on any atom is 0.160 e. The van der Waals surface area contributed by atoms with E-state index in [9.17, 15) is 0 Å². The van der Waals surface area contributed by atoms with Crippen molar-refractivity contribution >= 4 is 0 Å². The zero-order valence-corrected chi connectivity index (χ0v) is 78.1. The number of benzene rings is 16. The average Bonchev–Trinajstić information content (AvgIpc) is 0.841. The Morgan fingerprint density at radius 1 is 0.101 bits per heavy atom. The van der Waals surface area contributed by atoms with E-state index >= 15 is 0 Å². The normalized spacial score (nSPS) is 10.5. The van der Waals surface area contributed by atoms with Crippen LogP contribution in [0, 0.1) is 41.5 Å². The van der Waals surface area contributed by atoms with Gasteiger partial charge in [0.2, 0.25) is 0 Å². The van der Waals surface area contributed by atoms with Crippen LogP contribution in [0.15, 0.2) is 516 Å². The minimum absolute atomic E-state index is 0.748. The van der Waals surface area contributed by atoms with Crippen LogP contribution in [0.2, 0.25) is 0 Å². The number of hydrogen-bond acceptors (Lipinski definition) is 9. The van der Waals surface area contributed by atoms with Gasteiger partial charge in [0.05, 0.1) is 62.6 Å². The summed E-state index contributed by atoms with van der Waals surface area (Å²) in [7, 11) is 0. The van der Waals surface area contributed by atoms with Crippen molar-refractivity contribution in [2.24, 2.45) is 0 Å². The van der Waals surface area contributed by atoms with E-state index in [1.165, 1.54) is 50.1 Å². The first-order chi connectivity index (χ1) is 67.8. The Morgan fingerprint density at radius 3 is 0.572 bits per heavy atom. The Kier molecular flexibility index (Phi) is 30.7. The molecule has 0 spiro atoms. The zero-order chi connectivity index (χ0) is 94.4. The molecule has 138 heavy (non-hydrogen) atoms. The van der Waals surface area contributed by atoms with Crippen LogP contribution >= 0.6 is 0 Å². The topological polar surface area (TPSA) is 116 Å². The summed E-state index contributed by atoms with van der Waals surface area (Å²) in [6.07, 6.45) is 0. The van der Waals surface area contributed by atoms with E-state index in [0.29, 0.717) is 0 Å². The van der Waals surface area contributed by atoms with Gasteiger partial charge in [-0.1, -0.05) is 477 Å². The van der Waals surface area contributed by atoms with Crippen LogP contribution in [0.1, 0.15) is 33.5 Å². The van der Waals surface area contributed by atoms with Gasteiger partial charge < -0.3 is 0 Å². The standard InChI is InChI=1S/2C24H19N.2C23H18N2.C18H15N.C17H14N2/c1-18-9-8-14-21(15-18)22-16-23(19-10-4-2-5-11-19)25-24(17-22)20-12-6-3-7-13-20;1-18-12-14-19(15-13-18)22-16-23(20-8-4-2-5-9-20)25-24(17-22)21-10-6-3-7-11-21;1-17-9-8-14-20(15-17)22-16-21(18-10-4-2-5-11-18)24-23(25-22)19-12-6-3-7-13-19;1-17-12-14-19(15-13-17)22-16-21(18-8-4-2-5-9-18)24-23(25-22)20-10-6-3-7-11-20;1-14-12-17(15-8-4-2-5-9-15)19-18(13-14)16-10-6-3-7-11-16;1-13-12-16(14-8-4-2-5-9-14)19-17(18-13)15-10-6-3-7-11-15/h2*2-17H,1H3;2*2-16H,1H3;2-13H,1H3;2-12H,1H3. The van der Waals surface area contributed by atoms with Gasteiger partial charge in [0.1, 0.15) is 0 Å². The van der Waals surface area contributed by atoms with Crippen molar-refractivity contribution in [1.29, 1.82) is 0 Å². The summed E-state index contributed by atoms with van der Waals surface area (Å²) in [4.78, 5) is 43.1. The Morgan fingerprint density at radius 2 is 0.297 bits per heavy atom. The summed E-state index contributed by atoms with van der Waals surface area (Å²) in [5, 5.41) is 0. The minimum atomic E-state index is 0.748. The second kappa shape index (κ2) is 46.0. The third kappa shape index (κ3) is 25.1. The van der Waals surface area contributed by atoms with Crippen LogP contribution in [0.3, 0.4) is 0 Å². The van der Waals surface area contributed by atoms with E-state index < -0.39 is 0 Å². The summed E-state index contributed by atoms with van der Waals surface area (Å²) in [6, 6.07) is 176. The molecule has 22 rings (SSSR count). The van der Waals surface area contributed by atoms with E-state index in [1.54, 1.807) is 0 Å². The van der Waals surface area contributed by atoms with Crippen LogP contribution in [0.25, 0.3) is 180 Å². The van der Waals surface area contributed by atoms with Crippen molar-refractivity contribution in [3.05, 3.63) is 549 Å². The highest BCUT2D eigenvalue weighted by Gasteiger charge is 2.17. The Balaban J connectivity index is 0.000000115. The predicted molar refractivity (Wildman–Crippen MR) is 574 cm³/mol. The minimum Gasteiger partial charge on any atom is -0.248 e. The van der Waals surface area contributed by atoms with Gasteiger partial charge in [-0.05, 0) is 130 Å². The first-order valence-corrected chi connectivity index (χ1v) is 46.4. The molecule has 0 atom stereocenters. The van der Waals surface area contributed by atoms with Crippen LogP contribution in [0.5, 0.6) is 0 Å². The summed E-state index contributed by atoms with van der Waals surface area (Å²) in [6.45, 7) is 12.5. The number of rotatable bonds is 16. The summed E-state index contributed by atoms with van der Waals surface area (Å²) in [5.74, 6) is 2.27. The highest BCUT2D eigenvalue weighted by Crippen LogP contribution is 2.36. The lowest BCUT2D eigenvalue weighted by atomic mass is 9.99. The summed E-state index contributed by atoms with van der Waals surface area (Å²) >= 11 is 0. The van der Waals surface area contributed by atoms with Crippen LogP contribution < -0.4 is 0 Å². The number of aryl methyl sites for hydroxylation is 6. The monoisotopic (exact) mass is 1780 g/mol. The molecule has 22 aromatic rings. The Labute approximate surface area is 810 Å². The predicted octanol–water partition coefficient (Wildman–Crippen LogP) is 33.2. The highest BCUT2D eigenvalue weighted by molar-refractivity contribution is 5.81. The number of pyridine rings is 3. The smallest absolute Gasteiger partial charge is 0.160 e. The number of hydrogen-bond donors (Lipinski definition) is 0. The molecule has 6 heterocycles. The fourth-order valence-electron chi connectivity index (χ4n) is 15.9.